The van der Waals surface area contributed by atoms with Gasteiger partial charge in [0.05, 0.1) is 27.5 Å². The van der Waals surface area contributed by atoms with Crippen LogP contribution in [0.2, 0.25) is 0 Å². The van der Waals surface area contributed by atoms with E-state index in [9.17, 15) is 19.2 Å². The first-order valence-corrected chi connectivity index (χ1v) is 27.6. The number of piperidine rings is 2. The van der Waals surface area contributed by atoms with Crippen molar-refractivity contribution in [3.05, 3.63) is 88.0 Å². The van der Waals surface area contributed by atoms with Crippen LogP contribution in [0, 0.1) is 29.9 Å². The van der Waals surface area contributed by atoms with Gasteiger partial charge in [0.1, 0.15) is 42.1 Å². The quantitative estimate of drug-likeness (QED) is 0.108. The molecule has 2 N–H and O–H groups in total. The minimum absolute atomic E-state index is 0.0160. The van der Waals surface area contributed by atoms with E-state index in [1.54, 1.807) is 36.0 Å². The van der Waals surface area contributed by atoms with Crippen molar-refractivity contribution in [1.29, 1.82) is 0 Å². The Balaban J connectivity index is 0.639. The summed E-state index contributed by atoms with van der Waals surface area (Å²) in [5.74, 6) is 1.76. The second-order valence-corrected chi connectivity index (χ2v) is 22.7. The van der Waals surface area contributed by atoms with Crippen molar-refractivity contribution in [2.75, 3.05) is 70.5 Å². The van der Waals surface area contributed by atoms with Crippen LogP contribution in [0.15, 0.2) is 59.5 Å². The van der Waals surface area contributed by atoms with Crippen LogP contribution >= 0.6 is 0 Å². The number of pyridine rings is 1. The number of terminal acetylenes is 1. The van der Waals surface area contributed by atoms with E-state index in [1.807, 2.05) is 17.0 Å². The lowest BCUT2D eigenvalue weighted by molar-refractivity contribution is -0.135. The number of benzene rings is 3. The molecule has 6 atom stereocenters. The summed E-state index contributed by atoms with van der Waals surface area (Å²) in [7, 11) is 1.73. The molecule has 400 valence electrons. The number of hydrogen-bond acceptors (Lipinski definition) is 13. The molecule has 3 aromatic heterocycles. The largest absolute Gasteiger partial charge is 0.461 e. The maximum absolute atomic E-state index is 17.2. The van der Waals surface area contributed by atoms with Gasteiger partial charge in [-0.1, -0.05) is 36.3 Å². The maximum Gasteiger partial charge on any atom is 0.409 e. The van der Waals surface area contributed by atoms with Crippen LogP contribution in [-0.2, 0) is 21.4 Å². The lowest BCUT2D eigenvalue weighted by atomic mass is 9.88. The molecule has 19 heteroatoms. The van der Waals surface area contributed by atoms with Gasteiger partial charge in [0.2, 0.25) is 11.8 Å². The van der Waals surface area contributed by atoms with Crippen molar-refractivity contribution in [2.45, 2.75) is 106 Å². The number of fused-ring (bicyclic) bond motifs is 6. The number of imidazole rings is 1. The molecular weight excluding hydrogens is 985 g/mol. The Kier molecular flexibility index (Phi) is 12.7. The number of nitrogens with zero attached hydrogens (tertiary/aromatic N) is 9. The van der Waals surface area contributed by atoms with E-state index < -0.39 is 23.6 Å². The molecule has 6 aromatic rings. The monoisotopic (exact) mass is 1050 g/mol. The first-order valence-electron chi connectivity index (χ1n) is 27.6. The van der Waals surface area contributed by atoms with E-state index in [-0.39, 0.29) is 70.6 Å². The number of rotatable bonds is 11. The summed E-state index contributed by atoms with van der Waals surface area (Å²) in [4.78, 5) is 74.9. The Morgan fingerprint density at radius 1 is 0.909 bits per heavy atom. The lowest BCUT2D eigenvalue weighted by Gasteiger charge is -2.35. The van der Waals surface area contributed by atoms with Gasteiger partial charge in [-0.3, -0.25) is 33.9 Å². The van der Waals surface area contributed by atoms with Gasteiger partial charge in [-0.05, 0) is 125 Å². The van der Waals surface area contributed by atoms with Crippen LogP contribution in [0.25, 0.3) is 44.0 Å². The van der Waals surface area contributed by atoms with E-state index in [0.717, 1.165) is 89.5 Å². The molecule has 7 aliphatic heterocycles. The van der Waals surface area contributed by atoms with Gasteiger partial charge in [-0.2, -0.15) is 9.97 Å². The Bertz CT molecular complexity index is 3470. The molecule has 13 rings (SSSR count). The van der Waals surface area contributed by atoms with Crippen molar-refractivity contribution >= 4 is 56.4 Å². The van der Waals surface area contributed by atoms with Gasteiger partial charge in [0.15, 0.2) is 5.82 Å². The molecule has 10 heterocycles. The molecule has 3 aromatic carbocycles. The Morgan fingerprint density at radius 2 is 1.74 bits per heavy atom. The second kappa shape index (κ2) is 19.8. The molecule has 7 fully saturated rings. The first-order chi connectivity index (χ1) is 37.4. The molecule has 2 bridgehead atoms. The van der Waals surface area contributed by atoms with Crippen molar-refractivity contribution < 1.29 is 32.6 Å². The molecule has 3 amide bonds. The SMILES string of the molecule is C#Cc1c(F)ccc2cccc(-c3ncc4c(N5CC6CCC(C5)N6)nc(OC[C@@]56CCCN5[C@H](COC(=O)N5CC[C@H](CN7CCC(c8ccc9c(c8)n(C)c(=O)n9C8CCC(=O)NC8=O)CC7)C5)CC6)nc4c3F)c12. The molecule has 7 aliphatic rings. The van der Waals surface area contributed by atoms with Gasteiger partial charge in [-0.25, -0.2) is 18.4 Å². The van der Waals surface area contributed by atoms with E-state index in [1.165, 1.54) is 16.2 Å². The highest BCUT2D eigenvalue weighted by Gasteiger charge is 2.50. The molecule has 0 aliphatic carbocycles. The fourth-order valence-electron chi connectivity index (χ4n) is 14.2. The summed E-state index contributed by atoms with van der Waals surface area (Å²) in [5, 5.41) is 7.61. The number of hydrogen-bond donors (Lipinski definition) is 2. The van der Waals surface area contributed by atoms with Crippen LogP contribution in [0.5, 0.6) is 6.01 Å². The van der Waals surface area contributed by atoms with Crippen molar-refractivity contribution in [1.82, 2.24) is 49.4 Å². The number of imide groups is 1. The number of anilines is 1. The molecule has 7 saturated heterocycles. The molecular formula is C58H63F2N11O6. The van der Waals surface area contributed by atoms with Crippen LogP contribution in [-0.4, -0.2) is 146 Å². The molecule has 0 spiro atoms. The van der Waals surface area contributed by atoms with E-state index in [4.69, 9.17) is 25.9 Å². The van der Waals surface area contributed by atoms with Crippen molar-refractivity contribution in [2.24, 2.45) is 13.0 Å². The number of likely N-dealkylation sites (tertiary alicyclic amines) is 2. The molecule has 77 heavy (non-hydrogen) atoms. The van der Waals surface area contributed by atoms with Crippen LogP contribution < -0.4 is 26.0 Å². The van der Waals surface area contributed by atoms with E-state index >= 15 is 8.78 Å². The molecule has 0 radical (unpaired) electrons. The van der Waals surface area contributed by atoms with Crippen LogP contribution in [0.4, 0.5) is 19.4 Å². The average molecular weight is 1050 g/mol. The fraction of sp³-hybridized carbons (Fsp3) is 0.500. The van der Waals surface area contributed by atoms with Gasteiger partial charge < -0.3 is 29.5 Å². The zero-order valence-electron chi connectivity index (χ0n) is 43.3. The highest BCUT2D eigenvalue weighted by atomic mass is 19.1. The molecule has 3 unspecified atom stereocenters. The van der Waals surface area contributed by atoms with Crippen LogP contribution in [0.1, 0.15) is 93.7 Å². The second-order valence-electron chi connectivity index (χ2n) is 22.7. The number of aryl methyl sites for hydroxylation is 1. The van der Waals surface area contributed by atoms with Crippen LogP contribution in [0.3, 0.4) is 0 Å². The normalized spacial score (nSPS) is 26.0. The Hall–Kier alpha value is -7.01. The van der Waals surface area contributed by atoms with E-state index in [2.05, 4.69) is 48.4 Å². The summed E-state index contributed by atoms with van der Waals surface area (Å²) in [6.07, 6.45) is 16.2. The van der Waals surface area contributed by atoms with E-state index in [0.29, 0.717) is 90.7 Å². The molecule has 0 saturated carbocycles. The smallest absolute Gasteiger partial charge is 0.409 e. The zero-order chi connectivity index (χ0) is 52.7. The third-order valence-electron chi connectivity index (χ3n) is 18.2. The summed E-state index contributed by atoms with van der Waals surface area (Å²) in [6, 6.07) is 14.4. The number of nitrogens with one attached hydrogen (secondary N) is 2. The third-order valence-corrected chi connectivity index (χ3v) is 18.2. The van der Waals surface area contributed by atoms with Gasteiger partial charge in [0, 0.05) is 81.5 Å². The summed E-state index contributed by atoms with van der Waals surface area (Å²) >= 11 is 0. The Labute approximate surface area is 444 Å². The summed E-state index contributed by atoms with van der Waals surface area (Å²) in [6.45, 7) is 6.96. The number of aromatic nitrogens is 5. The van der Waals surface area contributed by atoms with Gasteiger partial charge >= 0.3 is 17.8 Å². The fourth-order valence-corrected chi connectivity index (χ4v) is 14.2. The number of piperazine rings is 1. The number of halogens is 2. The minimum atomic E-state index is -0.710. The van der Waals surface area contributed by atoms with Crippen molar-refractivity contribution in [3.63, 3.8) is 0 Å². The highest BCUT2D eigenvalue weighted by molar-refractivity contribution is 6.02. The number of carbonyl (C=O) groups is 3. The predicted octanol–water partition coefficient (Wildman–Crippen LogP) is 6.39. The minimum Gasteiger partial charge on any atom is -0.461 e. The highest BCUT2D eigenvalue weighted by Crippen LogP contribution is 2.44. The van der Waals surface area contributed by atoms with Gasteiger partial charge in [0.25, 0.3) is 0 Å². The average Bonchev–Trinajstić information content (AvgIpc) is 4.38. The first kappa shape index (κ1) is 49.6. The predicted molar refractivity (Wildman–Crippen MR) is 286 cm³/mol. The topological polar surface area (TPSA) is 172 Å². The maximum atomic E-state index is 17.2. The number of amides is 3. The Morgan fingerprint density at radius 3 is 2.55 bits per heavy atom. The lowest BCUT2D eigenvalue weighted by Crippen LogP contribution is -2.51. The van der Waals surface area contributed by atoms with Gasteiger partial charge in [-0.15, -0.1) is 6.42 Å². The van der Waals surface area contributed by atoms with Crippen molar-refractivity contribution in [3.8, 4) is 29.6 Å². The molecule has 17 nitrogen and oxygen atoms in total. The number of carbonyl (C=O) groups excluding carboxylic acids is 3. The summed E-state index contributed by atoms with van der Waals surface area (Å²) in [5.41, 5.74) is 2.59. The number of ether oxygens (including phenoxy) is 2. The third kappa shape index (κ3) is 8.85. The summed E-state index contributed by atoms with van der Waals surface area (Å²) < 4.78 is 48.1. The standard InChI is InChI=1S/C58H63F2N11O6/c1-3-41-44(59)12-8-36-6-4-7-42(49(36)41)51-50(60)52-43(27-61-51)53(69-30-38-10-11-39(31-69)62-38)65-55(64-52)77-33-58-20-5-22-70(58)40(16-21-58)32-76-57(75)68-25-17-34(29-68)28-67-23-18-35(19-24-67)37-9-13-45-47(26-37)66(2)56(74)71(45)46-14-15-48(72)63-54(46)73/h1,4,6-9,12-13,26-27,34-35,38-40,46,62H,5,10-11,14-25,28-33H2,2H3,(H,63,72,73)/t34-,38?,39?,40+,46?,58+/m1/s1. The zero-order valence-corrected chi connectivity index (χ0v) is 43.3.